The van der Waals surface area contributed by atoms with Crippen molar-refractivity contribution in [1.29, 1.82) is 0 Å². The van der Waals surface area contributed by atoms with E-state index in [0.717, 1.165) is 11.1 Å². The molecule has 0 radical (unpaired) electrons. The quantitative estimate of drug-likeness (QED) is 0.729. The summed E-state index contributed by atoms with van der Waals surface area (Å²) >= 11 is 0. The molecule has 1 atom stereocenters. The average molecular weight is 459 g/mol. The Kier molecular flexibility index (Phi) is 6.84. The zero-order valence-corrected chi connectivity index (χ0v) is 19.2. The minimum absolute atomic E-state index is 0.0630. The highest BCUT2D eigenvalue weighted by Crippen LogP contribution is 2.38. The first-order valence-electron chi connectivity index (χ1n) is 11.5. The Morgan fingerprint density at radius 1 is 1.12 bits per heavy atom. The molecule has 178 valence electrons. The lowest BCUT2D eigenvalue weighted by Gasteiger charge is -2.50. The summed E-state index contributed by atoms with van der Waals surface area (Å²) in [5, 5.41) is 10.1. The van der Waals surface area contributed by atoms with E-state index in [1.165, 1.54) is 0 Å². The Hall–Kier alpha value is -2.35. The molecule has 2 saturated heterocycles. The van der Waals surface area contributed by atoms with Crippen LogP contribution in [0.3, 0.4) is 0 Å². The first-order chi connectivity index (χ1) is 15.7. The lowest BCUT2D eigenvalue weighted by atomic mass is 9.87. The van der Waals surface area contributed by atoms with Gasteiger partial charge in [0.05, 0.1) is 23.9 Å². The maximum atomic E-state index is 13.2. The number of halogens is 2. The van der Waals surface area contributed by atoms with Crippen LogP contribution >= 0.6 is 0 Å². The van der Waals surface area contributed by atoms with Crippen LogP contribution in [0.25, 0.3) is 0 Å². The van der Waals surface area contributed by atoms with Crippen LogP contribution in [0.5, 0.6) is 0 Å². The zero-order valence-electron chi connectivity index (χ0n) is 19.2. The fraction of sp³-hybridized carbons (Fsp3) is 0.500. The van der Waals surface area contributed by atoms with Crippen molar-refractivity contribution < 1.29 is 23.4 Å². The summed E-state index contributed by atoms with van der Waals surface area (Å²) < 4.78 is 33.0. The fourth-order valence-corrected chi connectivity index (χ4v) is 4.85. The van der Waals surface area contributed by atoms with Gasteiger partial charge in [-0.25, -0.2) is 8.78 Å². The number of ether oxygens (including phenoxy) is 1. The van der Waals surface area contributed by atoms with Crippen LogP contribution in [-0.2, 0) is 10.3 Å². The normalized spacial score (nSPS) is 21.5. The average Bonchev–Trinajstić information content (AvgIpc) is 2.78. The molecule has 1 spiro atoms. The fourth-order valence-electron chi connectivity index (χ4n) is 4.85. The Morgan fingerprint density at radius 3 is 2.33 bits per heavy atom. The Labute approximate surface area is 194 Å². The van der Waals surface area contributed by atoms with Crippen LogP contribution in [0.15, 0.2) is 54.6 Å². The molecule has 1 N–H and O–H groups in total. The summed E-state index contributed by atoms with van der Waals surface area (Å²) in [6, 6.07) is 16.8. The van der Waals surface area contributed by atoms with Gasteiger partial charge in [-0.05, 0) is 49.9 Å². The highest BCUT2D eigenvalue weighted by Gasteiger charge is 2.44. The number of hydrogen-bond donors (Lipinski definition) is 1. The minimum atomic E-state index is -2.40. The first kappa shape index (κ1) is 23.8. The van der Waals surface area contributed by atoms with Crippen LogP contribution in [-0.4, -0.2) is 65.6 Å². The van der Waals surface area contributed by atoms with Crippen molar-refractivity contribution in [3.8, 4) is 0 Å². The third-order valence-electron chi connectivity index (χ3n) is 6.70. The molecule has 0 aromatic heterocycles. The number of alkyl halides is 2. The molecule has 2 aliphatic rings. The Balaban J connectivity index is 1.45. The number of likely N-dealkylation sites (tertiary alicyclic amines) is 1. The molecule has 0 aliphatic carbocycles. The maximum absolute atomic E-state index is 13.2. The highest BCUT2D eigenvalue weighted by molar-refractivity contribution is 5.94. The van der Waals surface area contributed by atoms with Crippen molar-refractivity contribution in [2.45, 2.75) is 50.4 Å². The van der Waals surface area contributed by atoms with E-state index in [2.05, 4.69) is 0 Å². The van der Waals surface area contributed by atoms with Gasteiger partial charge < -0.3 is 14.7 Å². The third-order valence-corrected chi connectivity index (χ3v) is 6.70. The van der Waals surface area contributed by atoms with Crippen LogP contribution < -0.4 is 0 Å². The molecule has 1 unspecified atom stereocenters. The molecule has 2 aromatic rings. The molecule has 33 heavy (non-hydrogen) atoms. The Bertz CT molecular complexity index is 936. The number of morpholine rings is 1. The Morgan fingerprint density at radius 2 is 1.76 bits per heavy atom. The number of aliphatic hydroxyl groups is 1. The van der Waals surface area contributed by atoms with E-state index in [9.17, 15) is 18.7 Å². The molecule has 5 nitrogen and oxygen atoms in total. The van der Waals surface area contributed by atoms with Crippen molar-refractivity contribution in [3.63, 3.8) is 0 Å². The van der Waals surface area contributed by atoms with Crippen molar-refractivity contribution in [1.82, 2.24) is 9.80 Å². The van der Waals surface area contributed by atoms with Gasteiger partial charge in [0.25, 0.3) is 12.3 Å². The predicted octanol–water partition coefficient (Wildman–Crippen LogP) is 4.23. The van der Waals surface area contributed by atoms with Crippen LogP contribution in [0.1, 0.15) is 54.3 Å². The van der Waals surface area contributed by atoms with Crippen molar-refractivity contribution in [2.75, 3.05) is 32.7 Å². The van der Waals surface area contributed by atoms with Gasteiger partial charge >= 0.3 is 0 Å². The van der Waals surface area contributed by atoms with E-state index < -0.39 is 17.6 Å². The molecular formula is C26H32F2N2O3. The number of carbonyl (C=O) groups excluding carboxylic acids is 1. The van der Waals surface area contributed by atoms with Crippen molar-refractivity contribution in [3.05, 3.63) is 71.3 Å². The van der Waals surface area contributed by atoms with Crippen molar-refractivity contribution >= 4 is 5.91 Å². The van der Waals surface area contributed by atoms with Crippen molar-refractivity contribution in [2.24, 2.45) is 0 Å². The molecule has 2 aromatic carbocycles. The molecule has 2 aliphatic heterocycles. The molecule has 4 rings (SSSR count). The lowest BCUT2D eigenvalue weighted by Crippen LogP contribution is -2.58. The summed E-state index contributed by atoms with van der Waals surface area (Å²) in [7, 11) is 0. The minimum Gasteiger partial charge on any atom is -0.386 e. The molecular weight excluding hydrogens is 426 g/mol. The summed E-state index contributed by atoms with van der Waals surface area (Å²) in [5.74, 6) is -0.0630. The number of piperidine rings is 1. The van der Waals surface area contributed by atoms with Crippen LogP contribution in [0.2, 0.25) is 0 Å². The number of rotatable bonds is 5. The predicted molar refractivity (Wildman–Crippen MR) is 122 cm³/mol. The van der Waals surface area contributed by atoms with E-state index in [4.69, 9.17) is 4.74 Å². The van der Waals surface area contributed by atoms with Gasteiger partial charge in [-0.3, -0.25) is 9.69 Å². The number of amides is 1. The van der Waals surface area contributed by atoms with Gasteiger partial charge in [0.1, 0.15) is 0 Å². The number of benzene rings is 2. The number of hydrogen-bond acceptors (Lipinski definition) is 4. The number of nitrogens with zero attached hydrogens (tertiary/aromatic N) is 2. The molecule has 0 saturated carbocycles. The second kappa shape index (κ2) is 9.49. The maximum Gasteiger partial charge on any atom is 0.253 e. The monoisotopic (exact) mass is 458 g/mol. The number of carbonyl (C=O) groups is 1. The van der Waals surface area contributed by atoms with Crippen LogP contribution in [0.4, 0.5) is 8.78 Å². The standard InChI is InChI=1S/C26H32F2N2O3/c1-25(2,32)21-10-8-20(9-11-21)24(31)30-14-12-26(13-15-30)18-29(17-23(27)28)16-22(33-26)19-6-4-3-5-7-19/h3-11,22-23,32H,12-18H2,1-2H3. The largest absolute Gasteiger partial charge is 0.386 e. The SMILES string of the molecule is CC(C)(O)c1ccc(C(=O)N2CCC3(CC2)CN(CC(F)F)CC(c2ccccc2)O3)cc1. The smallest absolute Gasteiger partial charge is 0.253 e. The zero-order chi connectivity index (χ0) is 23.6. The molecule has 1 amide bonds. The molecule has 2 heterocycles. The van der Waals surface area contributed by atoms with Gasteiger partial charge in [0.2, 0.25) is 0 Å². The van der Waals surface area contributed by atoms with E-state index >= 15 is 0 Å². The second-order valence-corrected chi connectivity index (χ2v) is 9.71. The lowest BCUT2D eigenvalue weighted by molar-refractivity contribution is -0.180. The van der Waals surface area contributed by atoms with E-state index in [-0.39, 0.29) is 18.6 Å². The summed E-state index contributed by atoms with van der Waals surface area (Å²) in [6.45, 7) is 5.04. The van der Waals surface area contributed by atoms with Gasteiger partial charge in [-0.15, -0.1) is 0 Å². The van der Waals surface area contributed by atoms with E-state index in [1.54, 1.807) is 47.9 Å². The second-order valence-electron chi connectivity index (χ2n) is 9.71. The van der Waals surface area contributed by atoms with Gasteiger partial charge in [-0.2, -0.15) is 0 Å². The summed E-state index contributed by atoms with van der Waals surface area (Å²) in [5.41, 5.74) is 0.802. The topological polar surface area (TPSA) is 53.0 Å². The van der Waals surface area contributed by atoms with Gasteiger partial charge in [0, 0.05) is 31.7 Å². The summed E-state index contributed by atoms with van der Waals surface area (Å²) in [4.78, 5) is 16.6. The van der Waals surface area contributed by atoms with Gasteiger partial charge in [-0.1, -0.05) is 42.5 Å². The highest BCUT2D eigenvalue weighted by atomic mass is 19.3. The molecule has 2 fully saturated rings. The van der Waals surface area contributed by atoms with E-state index in [1.807, 2.05) is 30.3 Å². The van der Waals surface area contributed by atoms with Crippen LogP contribution in [0, 0.1) is 0 Å². The molecule has 0 bridgehead atoms. The summed E-state index contributed by atoms with van der Waals surface area (Å²) in [6.07, 6.45) is -1.46. The van der Waals surface area contributed by atoms with Gasteiger partial charge in [0.15, 0.2) is 0 Å². The van der Waals surface area contributed by atoms with E-state index in [0.29, 0.717) is 44.6 Å². The third kappa shape index (κ3) is 5.60. The molecule has 7 heteroatoms. The first-order valence-corrected chi connectivity index (χ1v) is 11.5.